The number of ether oxygens (including phenoxy) is 1. The maximum absolute atomic E-state index is 5.23. The van der Waals surface area contributed by atoms with E-state index >= 15 is 0 Å². The third kappa shape index (κ3) is 3.06. The Bertz CT molecular complexity index is 291. The Kier molecular flexibility index (Phi) is 4.38. The number of methoxy groups -OCH3 is 1. The summed E-state index contributed by atoms with van der Waals surface area (Å²) in [7, 11) is 1.79. The minimum Gasteiger partial charge on any atom is -0.385 e. The highest BCUT2D eigenvalue weighted by Gasteiger charge is 2.32. The van der Waals surface area contributed by atoms with Gasteiger partial charge in [0.15, 0.2) is 0 Å². The van der Waals surface area contributed by atoms with Crippen LogP contribution in [-0.2, 0) is 11.3 Å². The van der Waals surface area contributed by atoms with Gasteiger partial charge in [-0.2, -0.15) is 0 Å². The fraction of sp³-hybridized carbons (Fsp3) is 0.692. The molecule has 1 saturated carbocycles. The number of hydrogen-bond acceptors (Lipinski definition) is 3. The van der Waals surface area contributed by atoms with Crippen molar-refractivity contribution in [1.29, 1.82) is 0 Å². The van der Waals surface area contributed by atoms with E-state index in [-0.39, 0.29) is 0 Å². The zero-order valence-electron chi connectivity index (χ0n) is 10.00. The van der Waals surface area contributed by atoms with Crippen molar-refractivity contribution in [1.82, 2.24) is 5.32 Å². The first-order valence-electron chi connectivity index (χ1n) is 6.11. The van der Waals surface area contributed by atoms with E-state index in [0.29, 0.717) is 5.54 Å². The molecule has 3 heteroatoms. The largest absolute Gasteiger partial charge is 0.385 e. The number of rotatable bonds is 6. The predicted molar refractivity (Wildman–Crippen MR) is 68.9 cm³/mol. The first-order chi connectivity index (χ1) is 7.85. The Balaban J connectivity index is 1.87. The summed E-state index contributed by atoms with van der Waals surface area (Å²) < 4.78 is 5.23. The summed E-state index contributed by atoms with van der Waals surface area (Å²) in [5.74, 6) is 0. The van der Waals surface area contributed by atoms with Gasteiger partial charge in [-0.3, -0.25) is 0 Å². The van der Waals surface area contributed by atoms with Crippen LogP contribution >= 0.6 is 11.3 Å². The summed E-state index contributed by atoms with van der Waals surface area (Å²) >= 11 is 1.84. The van der Waals surface area contributed by atoms with E-state index in [2.05, 4.69) is 22.8 Å². The van der Waals surface area contributed by atoms with Crippen LogP contribution in [0.3, 0.4) is 0 Å². The maximum atomic E-state index is 5.23. The van der Waals surface area contributed by atoms with Crippen molar-refractivity contribution < 1.29 is 4.74 Å². The van der Waals surface area contributed by atoms with Crippen molar-refractivity contribution >= 4 is 11.3 Å². The molecule has 0 saturated heterocycles. The summed E-state index contributed by atoms with van der Waals surface area (Å²) in [6.45, 7) is 1.89. The van der Waals surface area contributed by atoms with E-state index in [4.69, 9.17) is 4.74 Å². The van der Waals surface area contributed by atoms with Crippen LogP contribution in [0.15, 0.2) is 17.5 Å². The van der Waals surface area contributed by atoms with E-state index in [1.165, 1.54) is 30.6 Å². The van der Waals surface area contributed by atoms with Crippen molar-refractivity contribution in [3.8, 4) is 0 Å². The predicted octanol–water partition coefficient (Wildman–Crippen LogP) is 3.19. The maximum Gasteiger partial charge on any atom is 0.0479 e. The van der Waals surface area contributed by atoms with Gasteiger partial charge in [0.1, 0.15) is 0 Å². The minimum absolute atomic E-state index is 0.347. The van der Waals surface area contributed by atoms with Crippen LogP contribution in [-0.4, -0.2) is 19.3 Å². The molecular formula is C13H21NOS. The Morgan fingerprint density at radius 1 is 1.44 bits per heavy atom. The Labute approximate surface area is 102 Å². The highest BCUT2D eigenvalue weighted by atomic mass is 32.1. The highest BCUT2D eigenvalue weighted by molar-refractivity contribution is 7.09. The molecule has 16 heavy (non-hydrogen) atoms. The van der Waals surface area contributed by atoms with E-state index in [1.54, 1.807) is 7.11 Å². The van der Waals surface area contributed by atoms with Crippen molar-refractivity contribution in [2.24, 2.45) is 0 Å². The first-order valence-corrected chi connectivity index (χ1v) is 6.99. The van der Waals surface area contributed by atoms with Crippen molar-refractivity contribution in [2.45, 2.75) is 44.2 Å². The molecule has 0 atom stereocenters. The zero-order valence-corrected chi connectivity index (χ0v) is 10.8. The van der Waals surface area contributed by atoms with Gasteiger partial charge >= 0.3 is 0 Å². The van der Waals surface area contributed by atoms with Gasteiger partial charge in [0.25, 0.3) is 0 Å². The van der Waals surface area contributed by atoms with Crippen molar-refractivity contribution in [3.63, 3.8) is 0 Å². The molecule has 0 radical (unpaired) electrons. The lowest BCUT2D eigenvalue weighted by Crippen LogP contribution is -2.42. The Morgan fingerprint density at radius 2 is 2.25 bits per heavy atom. The van der Waals surface area contributed by atoms with Gasteiger partial charge < -0.3 is 10.1 Å². The van der Waals surface area contributed by atoms with E-state index in [1.807, 2.05) is 11.3 Å². The second-order valence-corrected chi connectivity index (χ2v) is 5.70. The van der Waals surface area contributed by atoms with Gasteiger partial charge in [-0.05, 0) is 30.7 Å². The molecule has 1 heterocycles. The lowest BCUT2D eigenvalue weighted by atomic mass is 9.93. The lowest BCUT2D eigenvalue weighted by molar-refractivity contribution is 0.154. The topological polar surface area (TPSA) is 21.3 Å². The fourth-order valence-corrected chi connectivity index (χ4v) is 3.20. The third-order valence-electron chi connectivity index (χ3n) is 3.56. The average molecular weight is 239 g/mol. The standard InChI is InChI=1S/C13H21NOS/c1-15-9-8-13(6-2-3-7-13)14-11-12-5-4-10-16-12/h4-5,10,14H,2-3,6-9,11H2,1H3. The molecular weight excluding hydrogens is 218 g/mol. The molecule has 0 spiro atoms. The van der Waals surface area contributed by atoms with Gasteiger partial charge in [-0.1, -0.05) is 18.9 Å². The van der Waals surface area contributed by atoms with Gasteiger partial charge in [0, 0.05) is 30.7 Å². The van der Waals surface area contributed by atoms with E-state index in [9.17, 15) is 0 Å². The quantitative estimate of drug-likeness (QED) is 0.823. The second-order valence-electron chi connectivity index (χ2n) is 4.66. The van der Waals surface area contributed by atoms with E-state index in [0.717, 1.165) is 19.6 Å². The van der Waals surface area contributed by atoms with Crippen molar-refractivity contribution in [3.05, 3.63) is 22.4 Å². The molecule has 0 amide bonds. The van der Waals surface area contributed by atoms with Crippen LogP contribution < -0.4 is 5.32 Å². The van der Waals surface area contributed by atoms with Crippen LogP contribution in [0.2, 0.25) is 0 Å². The first kappa shape index (κ1) is 12.1. The molecule has 1 fully saturated rings. The summed E-state index contributed by atoms with van der Waals surface area (Å²) in [5.41, 5.74) is 0.347. The summed E-state index contributed by atoms with van der Waals surface area (Å²) in [5, 5.41) is 5.91. The molecule has 1 N–H and O–H groups in total. The smallest absolute Gasteiger partial charge is 0.0479 e. The third-order valence-corrected chi connectivity index (χ3v) is 4.44. The Hall–Kier alpha value is -0.380. The van der Waals surface area contributed by atoms with Crippen molar-refractivity contribution in [2.75, 3.05) is 13.7 Å². The molecule has 0 aromatic carbocycles. The zero-order chi connectivity index (χ0) is 11.3. The second kappa shape index (κ2) is 5.80. The molecule has 0 bridgehead atoms. The number of nitrogens with one attached hydrogen (secondary N) is 1. The molecule has 1 aliphatic carbocycles. The normalized spacial score (nSPS) is 19.1. The molecule has 2 nitrogen and oxygen atoms in total. The molecule has 1 aromatic heterocycles. The van der Waals surface area contributed by atoms with Crippen LogP contribution in [0.1, 0.15) is 37.0 Å². The van der Waals surface area contributed by atoms with Gasteiger partial charge in [-0.15, -0.1) is 11.3 Å². The van der Waals surface area contributed by atoms with Gasteiger partial charge in [0.2, 0.25) is 0 Å². The highest BCUT2D eigenvalue weighted by Crippen LogP contribution is 2.33. The summed E-state index contributed by atoms with van der Waals surface area (Å²) in [6, 6.07) is 4.33. The molecule has 1 aromatic rings. The van der Waals surface area contributed by atoms with Crippen LogP contribution in [0.5, 0.6) is 0 Å². The SMILES string of the molecule is COCCC1(NCc2cccs2)CCCC1. The Morgan fingerprint density at radius 3 is 2.88 bits per heavy atom. The van der Waals surface area contributed by atoms with Crippen LogP contribution in [0.25, 0.3) is 0 Å². The molecule has 2 rings (SSSR count). The fourth-order valence-electron chi connectivity index (χ4n) is 2.55. The van der Waals surface area contributed by atoms with Crippen LogP contribution in [0.4, 0.5) is 0 Å². The number of hydrogen-bond donors (Lipinski definition) is 1. The number of thiophene rings is 1. The monoisotopic (exact) mass is 239 g/mol. The molecule has 90 valence electrons. The average Bonchev–Trinajstić information content (AvgIpc) is 2.96. The van der Waals surface area contributed by atoms with E-state index < -0.39 is 0 Å². The van der Waals surface area contributed by atoms with Gasteiger partial charge in [0.05, 0.1) is 0 Å². The lowest BCUT2D eigenvalue weighted by Gasteiger charge is -2.30. The molecule has 0 unspecified atom stereocenters. The summed E-state index contributed by atoms with van der Waals surface area (Å²) in [6.07, 6.45) is 6.49. The van der Waals surface area contributed by atoms with Gasteiger partial charge in [-0.25, -0.2) is 0 Å². The minimum atomic E-state index is 0.347. The van der Waals surface area contributed by atoms with Crippen LogP contribution in [0, 0.1) is 0 Å². The molecule has 0 aliphatic heterocycles. The summed E-state index contributed by atoms with van der Waals surface area (Å²) in [4.78, 5) is 1.43. The molecule has 1 aliphatic rings.